The first-order chi connectivity index (χ1) is 12.3. The van der Waals surface area contributed by atoms with Crippen molar-refractivity contribution in [2.45, 2.75) is 98.8 Å². The number of aliphatic carboxylic acids is 2. The van der Waals surface area contributed by atoms with Gasteiger partial charge in [-0.05, 0) is 39.0 Å². The van der Waals surface area contributed by atoms with Crippen LogP contribution in [0.1, 0.15) is 98.8 Å². The van der Waals surface area contributed by atoms with E-state index in [0.29, 0.717) is 17.1 Å². The summed E-state index contributed by atoms with van der Waals surface area (Å²) in [5.74, 6) is -0.940. The summed E-state index contributed by atoms with van der Waals surface area (Å²) in [7, 11) is 0. The number of carbonyl (C=O) groups is 2. The molecule has 0 aromatic rings. The Morgan fingerprint density at radius 2 is 1.35 bits per heavy atom. The van der Waals surface area contributed by atoms with Crippen molar-refractivity contribution in [3.8, 4) is 0 Å². The van der Waals surface area contributed by atoms with Crippen LogP contribution in [0, 0.1) is 5.92 Å². The first-order valence-corrected chi connectivity index (χ1v) is 10.1. The SMILES string of the molecule is CCCCC(CC)C/C=C(\C)C(=O)O.CCCCCC/C=C(\C)C(=O)O. The molecule has 0 fully saturated rings. The number of carboxylic acid groups (broad SMARTS) is 2. The van der Waals surface area contributed by atoms with Crippen LogP contribution >= 0.6 is 0 Å². The summed E-state index contributed by atoms with van der Waals surface area (Å²) in [6.45, 7) is 9.82. The van der Waals surface area contributed by atoms with Gasteiger partial charge >= 0.3 is 11.9 Å². The third-order valence-electron chi connectivity index (χ3n) is 4.48. The van der Waals surface area contributed by atoms with E-state index >= 15 is 0 Å². The molecule has 0 heterocycles. The maximum absolute atomic E-state index is 10.5. The van der Waals surface area contributed by atoms with Crippen LogP contribution in [-0.2, 0) is 9.59 Å². The Labute approximate surface area is 160 Å². The Bertz CT molecular complexity index is 435. The monoisotopic (exact) mass is 368 g/mol. The smallest absolute Gasteiger partial charge is 0.330 e. The van der Waals surface area contributed by atoms with E-state index in [4.69, 9.17) is 10.2 Å². The number of hydrogen-bond acceptors (Lipinski definition) is 2. The van der Waals surface area contributed by atoms with Crippen LogP contribution < -0.4 is 0 Å². The highest BCUT2D eigenvalue weighted by Gasteiger charge is 2.05. The van der Waals surface area contributed by atoms with Gasteiger partial charge in [-0.15, -0.1) is 0 Å². The molecule has 0 aromatic carbocycles. The minimum atomic E-state index is -0.800. The molecule has 0 bridgehead atoms. The third-order valence-corrected chi connectivity index (χ3v) is 4.48. The normalized spacial score (nSPS) is 13.0. The van der Waals surface area contributed by atoms with E-state index < -0.39 is 11.9 Å². The lowest BCUT2D eigenvalue weighted by Gasteiger charge is -2.11. The van der Waals surface area contributed by atoms with Crippen molar-refractivity contribution < 1.29 is 19.8 Å². The molecule has 0 rings (SSSR count). The molecule has 26 heavy (non-hydrogen) atoms. The lowest BCUT2D eigenvalue weighted by molar-refractivity contribution is -0.133. The van der Waals surface area contributed by atoms with E-state index in [2.05, 4.69) is 20.8 Å². The van der Waals surface area contributed by atoms with Crippen LogP contribution in [0.2, 0.25) is 0 Å². The van der Waals surface area contributed by atoms with Gasteiger partial charge in [0.25, 0.3) is 0 Å². The lowest BCUT2D eigenvalue weighted by atomic mass is 9.95. The molecular weight excluding hydrogens is 328 g/mol. The molecule has 0 amide bonds. The maximum atomic E-state index is 10.5. The van der Waals surface area contributed by atoms with Crippen molar-refractivity contribution in [3.63, 3.8) is 0 Å². The first-order valence-electron chi connectivity index (χ1n) is 10.1. The van der Waals surface area contributed by atoms with E-state index in [1.807, 2.05) is 6.08 Å². The van der Waals surface area contributed by atoms with Crippen molar-refractivity contribution in [3.05, 3.63) is 23.3 Å². The second-order valence-electron chi connectivity index (χ2n) is 6.89. The van der Waals surface area contributed by atoms with Gasteiger partial charge in [-0.25, -0.2) is 9.59 Å². The molecular formula is C22H40O4. The Balaban J connectivity index is 0. The van der Waals surface area contributed by atoms with Gasteiger partial charge in [0.1, 0.15) is 0 Å². The van der Waals surface area contributed by atoms with Crippen LogP contribution in [0.3, 0.4) is 0 Å². The van der Waals surface area contributed by atoms with Gasteiger partial charge < -0.3 is 10.2 Å². The molecule has 1 atom stereocenters. The fourth-order valence-electron chi connectivity index (χ4n) is 2.39. The molecule has 1 unspecified atom stereocenters. The lowest BCUT2D eigenvalue weighted by Crippen LogP contribution is -2.00. The van der Waals surface area contributed by atoms with Gasteiger partial charge in [-0.2, -0.15) is 0 Å². The number of unbranched alkanes of at least 4 members (excludes halogenated alkanes) is 5. The van der Waals surface area contributed by atoms with Crippen molar-refractivity contribution in [2.24, 2.45) is 5.92 Å². The number of hydrogen-bond donors (Lipinski definition) is 2. The third kappa shape index (κ3) is 17.2. The largest absolute Gasteiger partial charge is 0.478 e. The molecule has 152 valence electrons. The van der Waals surface area contributed by atoms with E-state index in [0.717, 1.165) is 25.7 Å². The van der Waals surface area contributed by atoms with Gasteiger partial charge in [0.05, 0.1) is 0 Å². The zero-order valence-electron chi connectivity index (χ0n) is 17.5. The maximum Gasteiger partial charge on any atom is 0.330 e. The van der Waals surface area contributed by atoms with Gasteiger partial charge in [-0.3, -0.25) is 0 Å². The number of carboxylic acids is 2. The summed E-state index contributed by atoms with van der Waals surface area (Å²) >= 11 is 0. The average Bonchev–Trinajstić information content (AvgIpc) is 2.61. The highest BCUT2D eigenvalue weighted by Crippen LogP contribution is 2.17. The van der Waals surface area contributed by atoms with Crippen LogP contribution in [0.25, 0.3) is 0 Å². The number of allylic oxidation sites excluding steroid dienone is 2. The molecule has 0 radical (unpaired) electrons. The Kier molecular flexibility index (Phi) is 18.7. The minimum absolute atomic E-state index is 0.464. The molecule has 0 saturated heterocycles. The second kappa shape index (κ2) is 18.2. The van der Waals surface area contributed by atoms with Crippen molar-refractivity contribution in [1.82, 2.24) is 0 Å². The van der Waals surface area contributed by atoms with Gasteiger partial charge in [0.2, 0.25) is 0 Å². The van der Waals surface area contributed by atoms with Crippen molar-refractivity contribution in [2.75, 3.05) is 0 Å². The molecule has 0 aromatic heterocycles. The molecule has 2 N–H and O–H groups in total. The molecule has 4 heteroatoms. The van der Waals surface area contributed by atoms with Gasteiger partial charge in [-0.1, -0.05) is 77.9 Å². The highest BCUT2D eigenvalue weighted by molar-refractivity contribution is 5.86. The van der Waals surface area contributed by atoms with E-state index in [9.17, 15) is 9.59 Å². The Hall–Kier alpha value is -1.58. The predicted octanol–water partition coefficient (Wildman–Crippen LogP) is 6.61. The zero-order valence-corrected chi connectivity index (χ0v) is 17.5. The topological polar surface area (TPSA) is 74.6 Å². The molecule has 0 spiro atoms. The van der Waals surface area contributed by atoms with Crippen LogP contribution in [0.15, 0.2) is 23.3 Å². The average molecular weight is 369 g/mol. The molecule has 0 saturated carbocycles. The molecule has 0 aliphatic carbocycles. The summed E-state index contributed by atoms with van der Waals surface area (Å²) in [6, 6.07) is 0. The highest BCUT2D eigenvalue weighted by atomic mass is 16.4. The van der Waals surface area contributed by atoms with E-state index in [1.165, 1.54) is 38.5 Å². The summed E-state index contributed by atoms with van der Waals surface area (Å²) in [6.07, 6.45) is 15.1. The quantitative estimate of drug-likeness (QED) is 0.283. The standard InChI is InChI=1S/C12H22O2.C10H18O2/c1-4-6-7-11(5-2)9-8-10(3)12(13)14;1-3-4-5-6-7-8-9(2)10(11)12/h8,11H,4-7,9H2,1-3H3,(H,13,14);8H,3-7H2,1-2H3,(H,11,12)/b10-8+;9-8+. The van der Waals surface area contributed by atoms with Gasteiger partial charge in [0.15, 0.2) is 0 Å². The van der Waals surface area contributed by atoms with Crippen LogP contribution in [0.4, 0.5) is 0 Å². The van der Waals surface area contributed by atoms with Crippen LogP contribution in [-0.4, -0.2) is 22.2 Å². The zero-order chi connectivity index (χ0) is 20.4. The van der Waals surface area contributed by atoms with E-state index in [1.54, 1.807) is 19.9 Å². The molecule has 0 aliphatic rings. The van der Waals surface area contributed by atoms with Gasteiger partial charge in [0, 0.05) is 11.1 Å². The van der Waals surface area contributed by atoms with Crippen LogP contribution in [0.5, 0.6) is 0 Å². The summed E-state index contributed by atoms with van der Waals surface area (Å²) in [5.41, 5.74) is 0.937. The number of rotatable bonds is 13. The van der Waals surface area contributed by atoms with Crippen molar-refractivity contribution in [1.29, 1.82) is 0 Å². The predicted molar refractivity (Wildman–Crippen MR) is 109 cm³/mol. The Morgan fingerprint density at radius 1 is 0.808 bits per heavy atom. The minimum Gasteiger partial charge on any atom is -0.478 e. The summed E-state index contributed by atoms with van der Waals surface area (Å²) in [4.78, 5) is 20.9. The fourth-order valence-corrected chi connectivity index (χ4v) is 2.39. The summed E-state index contributed by atoms with van der Waals surface area (Å²) in [5, 5.41) is 17.2. The Morgan fingerprint density at radius 3 is 1.81 bits per heavy atom. The fraction of sp³-hybridized carbons (Fsp3) is 0.727. The van der Waals surface area contributed by atoms with Crippen molar-refractivity contribution >= 4 is 11.9 Å². The summed E-state index contributed by atoms with van der Waals surface area (Å²) < 4.78 is 0. The first kappa shape index (κ1) is 26.6. The van der Waals surface area contributed by atoms with E-state index in [-0.39, 0.29) is 0 Å². The molecule has 4 nitrogen and oxygen atoms in total. The second-order valence-corrected chi connectivity index (χ2v) is 6.89. The molecule has 0 aliphatic heterocycles.